The van der Waals surface area contributed by atoms with E-state index in [9.17, 15) is 5.11 Å². The molecule has 0 saturated heterocycles. The van der Waals surface area contributed by atoms with Gasteiger partial charge in [-0.3, -0.25) is 4.90 Å². The molecule has 1 fully saturated rings. The van der Waals surface area contributed by atoms with Crippen LogP contribution >= 0.6 is 15.9 Å². The molecule has 1 N–H and O–H groups in total. The third-order valence-corrected chi connectivity index (χ3v) is 4.25. The maximum atomic E-state index is 9.25. The number of nitrogens with zero attached hydrogens (tertiary/aromatic N) is 1. The summed E-state index contributed by atoms with van der Waals surface area (Å²) in [6, 6.07) is 9.13. The van der Waals surface area contributed by atoms with Gasteiger partial charge in [0.05, 0.1) is 6.61 Å². The first-order valence-corrected chi connectivity index (χ1v) is 7.68. The first kappa shape index (κ1) is 14.0. The Morgan fingerprint density at radius 1 is 1.22 bits per heavy atom. The van der Waals surface area contributed by atoms with Gasteiger partial charge >= 0.3 is 0 Å². The van der Waals surface area contributed by atoms with Crippen molar-refractivity contribution in [3.8, 4) is 0 Å². The van der Waals surface area contributed by atoms with Gasteiger partial charge in [-0.2, -0.15) is 0 Å². The molecule has 0 spiro atoms. The summed E-state index contributed by atoms with van der Waals surface area (Å²) in [4.78, 5) is 2.45. The Hall–Kier alpha value is -0.380. The highest BCUT2D eigenvalue weighted by atomic mass is 79.9. The molecule has 2 rings (SSSR count). The molecule has 0 aromatic heterocycles. The highest BCUT2D eigenvalue weighted by Crippen LogP contribution is 2.24. The van der Waals surface area contributed by atoms with Crippen molar-refractivity contribution in [1.29, 1.82) is 0 Å². The van der Waals surface area contributed by atoms with Crippen LogP contribution < -0.4 is 0 Å². The summed E-state index contributed by atoms with van der Waals surface area (Å²) in [6.07, 6.45) is 6.62. The van der Waals surface area contributed by atoms with Gasteiger partial charge in [0.15, 0.2) is 0 Å². The van der Waals surface area contributed by atoms with Crippen molar-refractivity contribution >= 4 is 15.9 Å². The fourth-order valence-corrected chi connectivity index (χ4v) is 3.28. The molecule has 0 atom stereocenters. The van der Waals surface area contributed by atoms with E-state index in [-0.39, 0.29) is 6.61 Å². The minimum atomic E-state index is 0.254. The van der Waals surface area contributed by atoms with E-state index in [1.165, 1.54) is 37.7 Å². The lowest BCUT2D eigenvalue weighted by atomic mass is 9.94. The highest BCUT2D eigenvalue weighted by Gasteiger charge is 2.20. The van der Waals surface area contributed by atoms with Crippen LogP contribution in [0.25, 0.3) is 0 Å². The molecule has 0 aliphatic heterocycles. The minimum Gasteiger partial charge on any atom is -0.395 e. The zero-order chi connectivity index (χ0) is 12.8. The van der Waals surface area contributed by atoms with E-state index in [1.54, 1.807) is 0 Å². The lowest BCUT2D eigenvalue weighted by Crippen LogP contribution is -2.38. The Labute approximate surface area is 118 Å². The summed E-state index contributed by atoms with van der Waals surface area (Å²) < 4.78 is 1.13. The minimum absolute atomic E-state index is 0.254. The smallest absolute Gasteiger partial charge is 0.0558 e. The molecule has 3 heteroatoms. The number of hydrogen-bond donors (Lipinski definition) is 1. The Kier molecular flexibility index (Phi) is 5.67. The molecule has 1 saturated carbocycles. The molecule has 0 unspecified atom stereocenters. The molecule has 1 aliphatic rings. The first-order valence-electron chi connectivity index (χ1n) is 6.89. The predicted molar refractivity (Wildman–Crippen MR) is 78.5 cm³/mol. The van der Waals surface area contributed by atoms with Crippen LogP contribution in [0.4, 0.5) is 0 Å². The van der Waals surface area contributed by atoms with Crippen LogP contribution in [0.15, 0.2) is 28.7 Å². The summed E-state index contributed by atoms with van der Waals surface area (Å²) in [7, 11) is 0. The number of aliphatic hydroxyl groups is 1. The van der Waals surface area contributed by atoms with Crippen molar-refractivity contribution in [1.82, 2.24) is 4.90 Å². The van der Waals surface area contributed by atoms with Crippen molar-refractivity contribution in [2.75, 3.05) is 13.2 Å². The van der Waals surface area contributed by atoms with E-state index in [2.05, 4.69) is 45.1 Å². The van der Waals surface area contributed by atoms with Crippen LogP contribution in [-0.2, 0) is 6.54 Å². The fraction of sp³-hybridized carbons (Fsp3) is 0.600. The molecule has 1 aromatic carbocycles. The molecule has 0 bridgehead atoms. The van der Waals surface area contributed by atoms with E-state index in [1.807, 2.05) is 0 Å². The zero-order valence-corrected chi connectivity index (χ0v) is 12.4. The van der Waals surface area contributed by atoms with E-state index in [0.29, 0.717) is 6.04 Å². The van der Waals surface area contributed by atoms with E-state index >= 15 is 0 Å². The predicted octanol–water partition coefficient (Wildman–Crippen LogP) is 3.58. The van der Waals surface area contributed by atoms with E-state index in [4.69, 9.17) is 0 Å². The lowest BCUT2D eigenvalue weighted by molar-refractivity contribution is 0.117. The maximum Gasteiger partial charge on any atom is 0.0558 e. The van der Waals surface area contributed by atoms with Crippen LogP contribution in [0, 0.1) is 0 Å². The summed E-state index contributed by atoms with van der Waals surface area (Å²) in [6.45, 7) is 1.99. The quantitative estimate of drug-likeness (QED) is 0.898. The Bertz CT molecular complexity index is 363. The average Bonchev–Trinajstić information content (AvgIpc) is 2.39. The Morgan fingerprint density at radius 3 is 2.67 bits per heavy atom. The SMILES string of the molecule is OCCN(Cc1cccc(Br)c1)C1CCCCC1. The number of aliphatic hydroxyl groups excluding tert-OH is 1. The second kappa shape index (κ2) is 7.27. The van der Waals surface area contributed by atoms with Crippen molar-refractivity contribution < 1.29 is 5.11 Å². The zero-order valence-electron chi connectivity index (χ0n) is 10.8. The van der Waals surface area contributed by atoms with Gasteiger partial charge in [-0.1, -0.05) is 47.3 Å². The van der Waals surface area contributed by atoms with E-state index < -0.39 is 0 Å². The summed E-state index contributed by atoms with van der Waals surface area (Å²) in [5, 5.41) is 9.25. The Morgan fingerprint density at radius 2 is 2.00 bits per heavy atom. The van der Waals surface area contributed by atoms with Gasteiger partial charge in [0, 0.05) is 23.6 Å². The van der Waals surface area contributed by atoms with Gasteiger partial charge in [-0.25, -0.2) is 0 Å². The second-order valence-corrected chi connectivity index (χ2v) is 6.03. The van der Waals surface area contributed by atoms with Gasteiger partial charge in [0.1, 0.15) is 0 Å². The second-order valence-electron chi connectivity index (χ2n) is 5.12. The Balaban J connectivity index is 2.00. The maximum absolute atomic E-state index is 9.25. The molecular weight excluding hydrogens is 290 g/mol. The molecule has 18 heavy (non-hydrogen) atoms. The monoisotopic (exact) mass is 311 g/mol. The van der Waals surface area contributed by atoms with Crippen molar-refractivity contribution in [3.05, 3.63) is 34.3 Å². The average molecular weight is 312 g/mol. The van der Waals surface area contributed by atoms with Gasteiger partial charge in [-0.15, -0.1) is 0 Å². The third-order valence-electron chi connectivity index (χ3n) is 3.75. The van der Waals surface area contributed by atoms with Crippen LogP contribution in [0.5, 0.6) is 0 Å². The van der Waals surface area contributed by atoms with Crippen LogP contribution in [0.1, 0.15) is 37.7 Å². The van der Waals surface area contributed by atoms with Crippen molar-refractivity contribution in [3.63, 3.8) is 0 Å². The van der Waals surface area contributed by atoms with Gasteiger partial charge < -0.3 is 5.11 Å². The van der Waals surface area contributed by atoms with Gasteiger partial charge in [0.2, 0.25) is 0 Å². The van der Waals surface area contributed by atoms with Crippen molar-refractivity contribution in [2.24, 2.45) is 0 Å². The fourth-order valence-electron chi connectivity index (χ4n) is 2.84. The topological polar surface area (TPSA) is 23.5 Å². The molecule has 1 aliphatic carbocycles. The van der Waals surface area contributed by atoms with E-state index in [0.717, 1.165) is 17.6 Å². The van der Waals surface area contributed by atoms with Gasteiger partial charge in [0.25, 0.3) is 0 Å². The summed E-state index contributed by atoms with van der Waals surface area (Å²) in [5.74, 6) is 0. The summed E-state index contributed by atoms with van der Waals surface area (Å²) >= 11 is 3.52. The standard InChI is InChI=1S/C15H22BrNO/c16-14-6-4-5-13(11-14)12-17(9-10-18)15-7-2-1-3-8-15/h4-6,11,15,18H,1-3,7-10,12H2. The first-order chi connectivity index (χ1) is 8.79. The third kappa shape index (κ3) is 4.08. The molecule has 1 aromatic rings. The normalized spacial score (nSPS) is 17.3. The number of halogens is 1. The molecule has 100 valence electrons. The van der Waals surface area contributed by atoms with Crippen molar-refractivity contribution in [2.45, 2.75) is 44.7 Å². The lowest BCUT2D eigenvalue weighted by Gasteiger charge is -2.34. The molecular formula is C15H22BrNO. The van der Waals surface area contributed by atoms with Crippen LogP contribution in [0.3, 0.4) is 0 Å². The summed E-state index contributed by atoms with van der Waals surface area (Å²) in [5.41, 5.74) is 1.32. The molecule has 0 heterocycles. The largest absolute Gasteiger partial charge is 0.395 e. The van der Waals surface area contributed by atoms with Gasteiger partial charge in [-0.05, 0) is 30.5 Å². The molecule has 2 nitrogen and oxygen atoms in total. The molecule has 0 radical (unpaired) electrons. The number of hydrogen-bond acceptors (Lipinski definition) is 2. The number of rotatable bonds is 5. The van der Waals surface area contributed by atoms with Crippen LogP contribution in [0.2, 0.25) is 0 Å². The number of benzene rings is 1. The highest BCUT2D eigenvalue weighted by molar-refractivity contribution is 9.10. The molecule has 0 amide bonds. The van der Waals surface area contributed by atoms with Crippen LogP contribution in [-0.4, -0.2) is 29.2 Å².